The first-order valence-corrected chi connectivity index (χ1v) is 7.93. The molecule has 0 bridgehead atoms. The molecule has 0 spiro atoms. The highest BCUT2D eigenvalue weighted by Crippen LogP contribution is 2.16. The Morgan fingerprint density at radius 2 is 2.23 bits per heavy atom. The van der Waals surface area contributed by atoms with Crippen molar-refractivity contribution in [1.82, 2.24) is 20.5 Å². The highest BCUT2D eigenvalue weighted by molar-refractivity contribution is 5.94. The lowest BCUT2D eigenvalue weighted by Gasteiger charge is -2.19. The van der Waals surface area contributed by atoms with Crippen molar-refractivity contribution in [3.05, 3.63) is 29.6 Å². The number of hydrogen-bond acceptors (Lipinski definition) is 4. The summed E-state index contributed by atoms with van der Waals surface area (Å²) in [5.41, 5.74) is 1.74. The molecule has 2 aliphatic rings. The maximum atomic E-state index is 12.6. The van der Waals surface area contributed by atoms with Crippen LogP contribution >= 0.6 is 0 Å². The Balaban J connectivity index is 1.67. The zero-order valence-electron chi connectivity index (χ0n) is 12.7. The molecule has 2 aliphatic heterocycles. The molecule has 0 aliphatic carbocycles. The van der Waals surface area contributed by atoms with Gasteiger partial charge >= 0.3 is 0 Å². The SMILES string of the molecule is O=C1CCN(C(=O)c2cncc(CC3CCNC3)c2)CCN1. The van der Waals surface area contributed by atoms with E-state index in [0.29, 0.717) is 37.5 Å². The third-order valence-electron chi connectivity index (χ3n) is 4.33. The number of amides is 2. The van der Waals surface area contributed by atoms with E-state index in [1.807, 2.05) is 12.3 Å². The van der Waals surface area contributed by atoms with Crippen molar-refractivity contribution in [2.24, 2.45) is 5.92 Å². The van der Waals surface area contributed by atoms with Crippen LogP contribution in [0.4, 0.5) is 0 Å². The number of carbonyl (C=O) groups excluding carboxylic acids is 2. The van der Waals surface area contributed by atoms with Crippen molar-refractivity contribution in [2.75, 3.05) is 32.7 Å². The molecule has 2 amide bonds. The molecule has 6 nitrogen and oxygen atoms in total. The predicted octanol–water partition coefficient (Wildman–Crippen LogP) is 0.196. The lowest BCUT2D eigenvalue weighted by atomic mass is 9.99. The van der Waals surface area contributed by atoms with E-state index in [1.165, 1.54) is 6.42 Å². The van der Waals surface area contributed by atoms with Gasteiger partial charge in [-0.05, 0) is 43.5 Å². The van der Waals surface area contributed by atoms with Gasteiger partial charge in [0.1, 0.15) is 0 Å². The fourth-order valence-electron chi connectivity index (χ4n) is 3.09. The van der Waals surface area contributed by atoms with Crippen LogP contribution in [-0.4, -0.2) is 54.4 Å². The summed E-state index contributed by atoms with van der Waals surface area (Å²) in [5.74, 6) is 0.610. The van der Waals surface area contributed by atoms with Gasteiger partial charge in [-0.1, -0.05) is 0 Å². The first kappa shape index (κ1) is 15.0. The van der Waals surface area contributed by atoms with Gasteiger partial charge in [0.2, 0.25) is 5.91 Å². The molecule has 1 atom stereocenters. The van der Waals surface area contributed by atoms with Gasteiger partial charge < -0.3 is 15.5 Å². The maximum Gasteiger partial charge on any atom is 0.255 e. The highest BCUT2D eigenvalue weighted by Gasteiger charge is 2.21. The number of nitrogens with one attached hydrogen (secondary N) is 2. The van der Waals surface area contributed by atoms with Gasteiger partial charge in [-0.2, -0.15) is 0 Å². The van der Waals surface area contributed by atoms with Crippen LogP contribution in [0.5, 0.6) is 0 Å². The van der Waals surface area contributed by atoms with Crippen LogP contribution in [0.1, 0.15) is 28.8 Å². The number of pyridine rings is 1. The summed E-state index contributed by atoms with van der Waals surface area (Å²) < 4.78 is 0. The predicted molar refractivity (Wildman–Crippen MR) is 82.4 cm³/mol. The van der Waals surface area contributed by atoms with Crippen LogP contribution in [0.2, 0.25) is 0 Å². The summed E-state index contributed by atoms with van der Waals surface area (Å²) in [6, 6.07) is 1.95. The largest absolute Gasteiger partial charge is 0.354 e. The molecule has 3 rings (SSSR count). The van der Waals surface area contributed by atoms with Gasteiger partial charge in [-0.25, -0.2) is 0 Å². The van der Waals surface area contributed by atoms with Crippen molar-refractivity contribution in [1.29, 1.82) is 0 Å². The minimum atomic E-state index is -0.0320. The topological polar surface area (TPSA) is 74.3 Å². The van der Waals surface area contributed by atoms with Crippen molar-refractivity contribution in [3.8, 4) is 0 Å². The van der Waals surface area contributed by atoms with Crippen LogP contribution < -0.4 is 10.6 Å². The Bertz CT molecular complexity index is 555. The number of carbonyl (C=O) groups is 2. The summed E-state index contributed by atoms with van der Waals surface area (Å²) in [6.45, 7) is 3.66. The van der Waals surface area contributed by atoms with Gasteiger partial charge in [0, 0.05) is 38.4 Å². The lowest BCUT2D eigenvalue weighted by molar-refractivity contribution is -0.120. The van der Waals surface area contributed by atoms with Gasteiger partial charge in [0.25, 0.3) is 5.91 Å². The molecule has 2 N–H and O–H groups in total. The molecular formula is C16H22N4O2. The minimum absolute atomic E-state index is 0.0101. The minimum Gasteiger partial charge on any atom is -0.354 e. The Morgan fingerprint density at radius 1 is 1.32 bits per heavy atom. The van der Waals surface area contributed by atoms with Crippen molar-refractivity contribution in [2.45, 2.75) is 19.3 Å². The molecule has 1 unspecified atom stereocenters. The van der Waals surface area contributed by atoms with Crippen molar-refractivity contribution in [3.63, 3.8) is 0 Å². The smallest absolute Gasteiger partial charge is 0.255 e. The fourth-order valence-corrected chi connectivity index (χ4v) is 3.09. The zero-order valence-corrected chi connectivity index (χ0v) is 12.7. The summed E-state index contributed by atoms with van der Waals surface area (Å²) in [4.78, 5) is 29.9. The van der Waals surface area contributed by atoms with Crippen LogP contribution in [-0.2, 0) is 11.2 Å². The molecule has 2 saturated heterocycles. The Kier molecular flexibility index (Phi) is 4.68. The van der Waals surface area contributed by atoms with Crippen LogP contribution in [0, 0.1) is 5.92 Å². The Hall–Kier alpha value is -1.95. The van der Waals surface area contributed by atoms with Gasteiger partial charge in [-0.3, -0.25) is 14.6 Å². The lowest BCUT2D eigenvalue weighted by Crippen LogP contribution is -2.34. The molecule has 118 valence electrons. The maximum absolute atomic E-state index is 12.6. The summed E-state index contributed by atoms with van der Waals surface area (Å²) in [6.07, 6.45) is 5.98. The average Bonchev–Trinajstić information content (AvgIpc) is 2.93. The van der Waals surface area contributed by atoms with E-state index >= 15 is 0 Å². The van der Waals surface area contributed by atoms with Crippen LogP contribution in [0.3, 0.4) is 0 Å². The molecule has 0 aromatic carbocycles. The second-order valence-corrected chi connectivity index (χ2v) is 6.04. The Morgan fingerprint density at radius 3 is 3.05 bits per heavy atom. The molecule has 6 heteroatoms. The third kappa shape index (κ3) is 3.62. The van der Waals surface area contributed by atoms with Crippen LogP contribution in [0.15, 0.2) is 18.5 Å². The summed E-state index contributed by atoms with van der Waals surface area (Å²) in [7, 11) is 0. The van der Waals surface area contributed by atoms with Gasteiger partial charge in [-0.15, -0.1) is 0 Å². The van der Waals surface area contributed by atoms with E-state index in [4.69, 9.17) is 0 Å². The normalized spacial score (nSPS) is 22.3. The van der Waals surface area contributed by atoms with Crippen molar-refractivity contribution < 1.29 is 9.59 Å². The number of rotatable bonds is 3. The molecule has 2 fully saturated rings. The highest BCUT2D eigenvalue weighted by atomic mass is 16.2. The summed E-state index contributed by atoms with van der Waals surface area (Å²) >= 11 is 0. The van der Waals surface area contributed by atoms with Crippen molar-refractivity contribution >= 4 is 11.8 Å². The summed E-state index contributed by atoms with van der Waals surface area (Å²) in [5, 5.41) is 6.14. The second kappa shape index (κ2) is 6.87. The molecule has 1 aromatic rings. The number of nitrogens with zero attached hydrogens (tertiary/aromatic N) is 2. The standard InChI is InChI=1S/C16H22N4O2/c21-15-2-5-20(6-4-19-15)16(22)14-8-13(10-18-11-14)7-12-1-3-17-9-12/h8,10-12,17H,1-7,9H2,(H,19,21). The molecule has 0 saturated carbocycles. The van der Waals surface area contributed by atoms with E-state index in [9.17, 15) is 9.59 Å². The van der Waals surface area contributed by atoms with Gasteiger partial charge in [0.05, 0.1) is 5.56 Å². The first-order chi connectivity index (χ1) is 10.7. The van der Waals surface area contributed by atoms with Gasteiger partial charge in [0.15, 0.2) is 0 Å². The molecule has 1 aromatic heterocycles. The van der Waals surface area contributed by atoms with Crippen LogP contribution in [0.25, 0.3) is 0 Å². The van der Waals surface area contributed by atoms with E-state index in [-0.39, 0.29) is 11.8 Å². The quantitative estimate of drug-likeness (QED) is 0.836. The molecular weight excluding hydrogens is 280 g/mol. The Labute approximate surface area is 130 Å². The van der Waals surface area contributed by atoms with E-state index in [1.54, 1.807) is 11.1 Å². The first-order valence-electron chi connectivity index (χ1n) is 7.93. The number of aromatic nitrogens is 1. The molecule has 22 heavy (non-hydrogen) atoms. The zero-order chi connectivity index (χ0) is 15.4. The second-order valence-electron chi connectivity index (χ2n) is 6.04. The number of hydrogen-bond donors (Lipinski definition) is 2. The third-order valence-corrected chi connectivity index (χ3v) is 4.33. The average molecular weight is 302 g/mol. The molecule has 3 heterocycles. The monoisotopic (exact) mass is 302 g/mol. The molecule has 0 radical (unpaired) electrons. The van der Waals surface area contributed by atoms with E-state index in [2.05, 4.69) is 15.6 Å². The van der Waals surface area contributed by atoms with E-state index in [0.717, 1.165) is 25.1 Å². The fraction of sp³-hybridized carbons (Fsp3) is 0.562. The van der Waals surface area contributed by atoms with E-state index < -0.39 is 0 Å².